The van der Waals surface area contributed by atoms with Crippen LogP contribution >= 0.6 is 11.6 Å². The molecule has 2 aliphatic carbocycles. The zero-order chi connectivity index (χ0) is 23.5. The van der Waals surface area contributed by atoms with Crippen LogP contribution in [0.15, 0.2) is 18.2 Å². The maximum atomic E-state index is 13.4. The Morgan fingerprint density at radius 3 is 2.76 bits per heavy atom. The molecule has 2 heterocycles. The molecule has 3 aliphatic rings. The van der Waals surface area contributed by atoms with E-state index in [1.165, 1.54) is 12.1 Å². The molecule has 0 spiro atoms. The third-order valence-corrected chi connectivity index (χ3v) is 7.75. The Labute approximate surface area is 194 Å². The highest BCUT2D eigenvalue weighted by Crippen LogP contribution is 2.60. The van der Waals surface area contributed by atoms with E-state index in [9.17, 15) is 24.0 Å². The summed E-state index contributed by atoms with van der Waals surface area (Å²) in [6.45, 7) is 2.22. The van der Waals surface area contributed by atoms with Crippen molar-refractivity contribution in [2.45, 2.75) is 51.6 Å². The lowest BCUT2D eigenvalue weighted by atomic mass is 9.46. The highest BCUT2D eigenvalue weighted by Gasteiger charge is 2.61. The fourth-order valence-electron chi connectivity index (χ4n) is 5.63. The number of hydrogen-bond donors (Lipinski definition) is 2. The molecule has 2 aromatic rings. The Balaban J connectivity index is 1.38. The number of carbonyl (C=O) groups excluding carboxylic acids is 3. The van der Waals surface area contributed by atoms with Gasteiger partial charge in [0.2, 0.25) is 0 Å². The van der Waals surface area contributed by atoms with Gasteiger partial charge in [-0.05, 0) is 68.7 Å². The molecule has 7 nitrogen and oxygen atoms in total. The van der Waals surface area contributed by atoms with Crippen molar-refractivity contribution in [3.63, 3.8) is 0 Å². The van der Waals surface area contributed by atoms with Gasteiger partial charge >= 0.3 is 0 Å². The van der Waals surface area contributed by atoms with Crippen LogP contribution in [-0.4, -0.2) is 28.2 Å². The largest absolute Gasteiger partial charge is 0.346 e. The minimum atomic E-state index is -0.695. The lowest BCUT2D eigenvalue weighted by Gasteiger charge is -2.59. The molecule has 2 saturated carbocycles. The quantitative estimate of drug-likeness (QED) is 0.514. The van der Waals surface area contributed by atoms with Crippen LogP contribution in [-0.2, 0) is 17.8 Å². The maximum absolute atomic E-state index is 13.4. The van der Waals surface area contributed by atoms with Gasteiger partial charge in [-0.1, -0.05) is 11.6 Å². The van der Waals surface area contributed by atoms with Crippen molar-refractivity contribution in [2.24, 2.45) is 11.3 Å². The minimum absolute atomic E-state index is 0.111. The molecule has 0 radical (unpaired) electrons. The summed E-state index contributed by atoms with van der Waals surface area (Å²) >= 11 is 5.81. The van der Waals surface area contributed by atoms with Crippen molar-refractivity contribution in [2.75, 3.05) is 5.32 Å². The van der Waals surface area contributed by atoms with E-state index in [0.717, 1.165) is 25.3 Å². The van der Waals surface area contributed by atoms with E-state index in [1.807, 2.05) is 0 Å². The van der Waals surface area contributed by atoms with E-state index in [1.54, 1.807) is 11.5 Å². The number of halogens is 2. The van der Waals surface area contributed by atoms with Crippen LogP contribution in [0.5, 0.6) is 0 Å². The molecule has 3 unspecified atom stereocenters. The van der Waals surface area contributed by atoms with E-state index in [0.29, 0.717) is 42.0 Å². The van der Waals surface area contributed by atoms with E-state index >= 15 is 0 Å². The van der Waals surface area contributed by atoms with Gasteiger partial charge < -0.3 is 15.2 Å². The fourth-order valence-corrected chi connectivity index (χ4v) is 5.81. The number of hydrogen-bond acceptors (Lipinski definition) is 4. The molecule has 33 heavy (non-hydrogen) atoms. The van der Waals surface area contributed by atoms with Crippen molar-refractivity contribution in [3.8, 4) is 6.07 Å². The number of carbonyl (C=O) groups is 3. The number of nitrogens with zero attached hydrogens (tertiary/aromatic N) is 2. The van der Waals surface area contributed by atoms with Gasteiger partial charge in [0.1, 0.15) is 11.5 Å². The number of anilines is 1. The molecule has 0 saturated heterocycles. The van der Waals surface area contributed by atoms with Gasteiger partial charge in [-0.25, -0.2) is 4.39 Å². The summed E-state index contributed by atoms with van der Waals surface area (Å²) < 4.78 is 15.2. The molecule has 1 aliphatic heterocycles. The van der Waals surface area contributed by atoms with Crippen LogP contribution in [0.1, 0.15) is 57.8 Å². The number of ketones is 1. The lowest BCUT2D eigenvalue weighted by molar-refractivity contribution is -0.124. The van der Waals surface area contributed by atoms with E-state index in [-0.39, 0.29) is 28.0 Å². The SMILES string of the molecule is Cc1c(C(=O)C(=O)NC2CC3(C#N)CCC23)c2n(c1C(=O)Nc1ccc(F)c(Cl)c1)CCC2. The van der Waals surface area contributed by atoms with Crippen LogP contribution in [0.3, 0.4) is 0 Å². The highest BCUT2D eigenvalue weighted by molar-refractivity contribution is 6.43. The van der Waals surface area contributed by atoms with Gasteiger partial charge in [0.05, 0.1) is 22.1 Å². The topological polar surface area (TPSA) is 104 Å². The van der Waals surface area contributed by atoms with Gasteiger partial charge in [0.15, 0.2) is 0 Å². The summed E-state index contributed by atoms with van der Waals surface area (Å²) in [5.41, 5.74) is 1.70. The first kappa shape index (κ1) is 21.7. The molecule has 5 rings (SSSR count). The normalized spacial score (nSPS) is 24.5. The Kier molecular flexibility index (Phi) is 5.05. The standard InChI is InChI=1S/C24H22ClFN4O3/c1-12-19(21(31)23(33)29-17-10-24(11-27)7-6-14(17)24)18-3-2-8-30(18)20(12)22(32)28-13-4-5-16(26)15(25)9-13/h4-5,9,14,17H,2-3,6-8,10H2,1H3,(H,28,32)(H,29,33). The van der Waals surface area contributed by atoms with Crippen molar-refractivity contribution in [1.82, 2.24) is 9.88 Å². The van der Waals surface area contributed by atoms with Crippen LogP contribution < -0.4 is 10.6 Å². The number of benzene rings is 1. The Morgan fingerprint density at radius 2 is 2.12 bits per heavy atom. The zero-order valence-electron chi connectivity index (χ0n) is 18.0. The molecule has 1 aromatic carbocycles. The Morgan fingerprint density at radius 1 is 1.33 bits per heavy atom. The second-order valence-corrected chi connectivity index (χ2v) is 9.57. The summed E-state index contributed by atoms with van der Waals surface area (Å²) in [4.78, 5) is 39.0. The van der Waals surface area contributed by atoms with Crippen LogP contribution in [0, 0.1) is 35.4 Å². The van der Waals surface area contributed by atoms with Gasteiger partial charge in [-0.2, -0.15) is 5.26 Å². The van der Waals surface area contributed by atoms with Crippen LogP contribution in [0.25, 0.3) is 0 Å². The Hall–Kier alpha value is -3.18. The summed E-state index contributed by atoms with van der Waals surface area (Å²) in [5.74, 6) is -2.28. The van der Waals surface area contributed by atoms with Crippen molar-refractivity contribution < 1.29 is 18.8 Å². The predicted octanol–water partition coefficient (Wildman–Crippen LogP) is 3.78. The number of aromatic nitrogens is 1. The smallest absolute Gasteiger partial charge is 0.292 e. The first-order valence-electron chi connectivity index (χ1n) is 11.0. The van der Waals surface area contributed by atoms with Gasteiger partial charge in [-0.15, -0.1) is 0 Å². The van der Waals surface area contributed by atoms with Crippen molar-refractivity contribution >= 4 is 34.9 Å². The maximum Gasteiger partial charge on any atom is 0.292 e. The average molecular weight is 469 g/mol. The van der Waals surface area contributed by atoms with E-state index in [4.69, 9.17) is 11.6 Å². The first-order valence-corrected chi connectivity index (χ1v) is 11.4. The second-order valence-electron chi connectivity index (χ2n) is 9.16. The molecule has 2 amide bonds. The van der Waals surface area contributed by atoms with E-state index < -0.39 is 23.4 Å². The fraction of sp³-hybridized carbons (Fsp3) is 0.417. The van der Waals surface area contributed by atoms with Crippen LogP contribution in [0.2, 0.25) is 5.02 Å². The van der Waals surface area contributed by atoms with Crippen LogP contribution in [0.4, 0.5) is 10.1 Å². The molecular weight excluding hydrogens is 447 g/mol. The molecule has 1 aromatic heterocycles. The third kappa shape index (κ3) is 3.25. The molecule has 2 N–H and O–H groups in total. The second kappa shape index (κ2) is 7.70. The number of fused-ring (bicyclic) bond motifs is 2. The summed E-state index contributed by atoms with van der Waals surface area (Å²) in [6.07, 6.45) is 3.65. The first-order chi connectivity index (χ1) is 15.8. The number of amides is 2. The predicted molar refractivity (Wildman–Crippen MR) is 119 cm³/mol. The highest BCUT2D eigenvalue weighted by atomic mass is 35.5. The van der Waals surface area contributed by atoms with E-state index in [2.05, 4.69) is 16.7 Å². The number of rotatable bonds is 5. The average Bonchev–Trinajstić information content (AvgIpc) is 3.32. The number of Topliss-reactive ketones (excluding diaryl/α,β-unsaturated/α-hetero) is 1. The van der Waals surface area contributed by atoms with Crippen molar-refractivity contribution in [1.29, 1.82) is 5.26 Å². The minimum Gasteiger partial charge on any atom is -0.346 e. The molecule has 170 valence electrons. The molecule has 2 fully saturated rings. The molecule has 3 atom stereocenters. The third-order valence-electron chi connectivity index (χ3n) is 7.46. The van der Waals surface area contributed by atoms with Gasteiger partial charge in [0.25, 0.3) is 17.6 Å². The monoisotopic (exact) mass is 468 g/mol. The Bertz CT molecular complexity index is 1260. The van der Waals surface area contributed by atoms with Gasteiger partial charge in [0, 0.05) is 24.0 Å². The summed E-state index contributed by atoms with van der Waals surface area (Å²) in [7, 11) is 0. The summed E-state index contributed by atoms with van der Waals surface area (Å²) in [5, 5.41) is 14.7. The number of nitriles is 1. The summed E-state index contributed by atoms with van der Waals surface area (Å²) in [6, 6.07) is 6.08. The number of nitrogens with one attached hydrogen (secondary N) is 2. The lowest BCUT2D eigenvalue weighted by Crippen LogP contribution is -2.64. The zero-order valence-corrected chi connectivity index (χ0v) is 18.8. The molecular formula is C24H22ClFN4O3. The molecule has 0 bridgehead atoms. The van der Waals surface area contributed by atoms with Gasteiger partial charge in [-0.3, -0.25) is 14.4 Å². The van der Waals surface area contributed by atoms with Crippen molar-refractivity contribution in [3.05, 3.63) is 51.6 Å². The molecule has 9 heteroatoms.